The summed E-state index contributed by atoms with van der Waals surface area (Å²) < 4.78 is 6.98. The Kier molecular flexibility index (Phi) is 4.90. The number of halogens is 1. The second-order valence-corrected chi connectivity index (χ2v) is 5.73. The predicted molar refractivity (Wildman–Crippen MR) is 74.0 cm³/mol. The Morgan fingerprint density at radius 1 is 1.13 bits per heavy atom. The van der Waals surface area contributed by atoms with Crippen LogP contribution in [0.2, 0.25) is 0 Å². The van der Waals surface area contributed by atoms with Crippen molar-refractivity contribution in [3.05, 3.63) is 29.8 Å². The predicted octanol–water partition coefficient (Wildman–Crippen LogP) is 4.23. The Morgan fingerprint density at radius 3 is 2.20 bits per heavy atom. The van der Waals surface area contributed by atoms with Gasteiger partial charge in [-0.3, -0.25) is 0 Å². The van der Waals surface area contributed by atoms with Crippen LogP contribution in [0.15, 0.2) is 24.3 Å². The molecule has 0 fully saturated rings. The summed E-state index contributed by atoms with van der Waals surface area (Å²) in [5.41, 5.74) is 1.29. The molecule has 0 aromatic heterocycles. The van der Waals surface area contributed by atoms with Crippen molar-refractivity contribution < 1.29 is 4.74 Å². The first-order chi connectivity index (χ1) is 7.01. The quantitative estimate of drug-likeness (QED) is 0.596. The van der Waals surface area contributed by atoms with Gasteiger partial charge >= 0.3 is 0 Å². The van der Waals surface area contributed by atoms with E-state index in [2.05, 4.69) is 67.6 Å². The topological polar surface area (TPSA) is 9.23 Å². The highest BCUT2D eigenvalue weighted by Crippen LogP contribution is 2.19. The minimum absolute atomic E-state index is 0.107. The molecule has 84 valence electrons. The third-order valence-corrected chi connectivity index (χ3v) is 2.71. The summed E-state index contributed by atoms with van der Waals surface area (Å²) in [4.78, 5) is 0. The molecule has 2 heteroatoms. The lowest BCUT2D eigenvalue weighted by Gasteiger charge is -2.21. The number of hydrogen-bond donors (Lipinski definition) is 0. The van der Waals surface area contributed by atoms with E-state index in [1.807, 2.05) is 0 Å². The van der Waals surface area contributed by atoms with E-state index in [0.717, 1.165) is 5.75 Å². The number of rotatable bonds is 4. The Balaban J connectivity index is 2.56. The molecule has 0 bridgehead atoms. The molecule has 0 unspecified atom stereocenters. The van der Waals surface area contributed by atoms with Gasteiger partial charge in [0, 0.05) is 0 Å². The van der Waals surface area contributed by atoms with Crippen LogP contribution in [0.5, 0.6) is 5.75 Å². The summed E-state index contributed by atoms with van der Waals surface area (Å²) in [6.45, 7) is 6.20. The van der Waals surface area contributed by atoms with Gasteiger partial charge < -0.3 is 4.74 Å². The summed E-state index contributed by atoms with van der Waals surface area (Å²) in [5.74, 6) is 0.959. The van der Waals surface area contributed by atoms with E-state index < -0.39 is 0 Å². The standard InChI is InChI=1S/C13H19IO/c1-13(2,3)15-12-8-6-11(7-9-12)5-4-10-14/h6-9H,4-5,10H2,1-3H3. The van der Waals surface area contributed by atoms with Crippen molar-refractivity contribution in [1.29, 1.82) is 0 Å². The van der Waals surface area contributed by atoms with Crippen LogP contribution in [0.4, 0.5) is 0 Å². The van der Waals surface area contributed by atoms with Gasteiger partial charge in [-0.15, -0.1) is 0 Å². The fourth-order valence-corrected chi connectivity index (χ4v) is 1.73. The van der Waals surface area contributed by atoms with Crippen LogP contribution in [-0.4, -0.2) is 10.0 Å². The average molecular weight is 318 g/mol. The number of hydrogen-bond acceptors (Lipinski definition) is 1. The zero-order chi connectivity index (χ0) is 11.3. The lowest BCUT2D eigenvalue weighted by molar-refractivity contribution is 0.131. The number of benzene rings is 1. The molecule has 0 saturated carbocycles. The van der Waals surface area contributed by atoms with E-state index in [1.165, 1.54) is 22.8 Å². The summed E-state index contributed by atoms with van der Waals surface area (Å²) >= 11 is 2.41. The molecule has 0 saturated heterocycles. The fraction of sp³-hybridized carbons (Fsp3) is 0.538. The van der Waals surface area contributed by atoms with Gasteiger partial charge in [0.15, 0.2) is 0 Å². The Bertz CT molecular complexity index is 284. The molecule has 1 aromatic carbocycles. The average Bonchev–Trinajstić information content (AvgIpc) is 2.14. The van der Waals surface area contributed by atoms with Gasteiger partial charge in [-0.2, -0.15) is 0 Å². The van der Waals surface area contributed by atoms with Crippen LogP contribution in [0.3, 0.4) is 0 Å². The summed E-state index contributed by atoms with van der Waals surface area (Å²) in [6.07, 6.45) is 2.42. The van der Waals surface area contributed by atoms with Crippen molar-refractivity contribution >= 4 is 22.6 Å². The van der Waals surface area contributed by atoms with Crippen LogP contribution >= 0.6 is 22.6 Å². The van der Waals surface area contributed by atoms with Crippen LogP contribution in [0.25, 0.3) is 0 Å². The van der Waals surface area contributed by atoms with Crippen molar-refractivity contribution in [2.75, 3.05) is 4.43 Å². The fourth-order valence-electron chi connectivity index (χ4n) is 1.35. The number of aryl methyl sites for hydroxylation is 1. The van der Waals surface area contributed by atoms with Gasteiger partial charge in [-0.1, -0.05) is 34.7 Å². The number of ether oxygens (including phenoxy) is 1. The second-order valence-electron chi connectivity index (χ2n) is 4.65. The summed E-state index contributed by atoms with van der Waals surface area (Å²) in [7, 11) is 0. The van der Waals surface area contributed by atoms with Gasteiger partial charge in [-0.05, 0) is 55.7 Å². The molecule has 0 aliphatic rings. The van der Waals surface area contributed by atoms with E-state index in [1.54, 1.807) is 0 Å². The maximum atomic E-state index is 5.76. The van der Waals surface area contributed by atoms with Crippen LogP contribution in [-0.2, 0) is 6.42 Å². The molecule has 0 amide bonds. The molecule has 0 radical (unpaired) electrons. The first-order valence-electron chi connectivity index (χ1n) is 5.35. The van der Waals surface area contributed by atoms with E-state index in [0.29, 0.717) is 0 Å². The van der Waals surface area contributed by atoms with Crippen LogP contribution in [0.1, 0.15) is 32.8 Å². The maximum absolute atomic E-state index is 5.76. The van der Waals surface area contributed by atoms with Crippen LogP contribution < -0.4 is 4.74 Å². The second kappa shape index (κ2) is 5.73. The SMILES string of the molecule is CC(C)(C)Oc1ccc(CCCI)cc1. The third-order valence-electron chi connectivity index (χ3n) is 1.95. The molecule has 0 N–H and O–H groups in total. The normalized spacial score (nSPS) is 11.5. The molecular formula is C13H19IO. The lowest BCUT2D eigenvalue weighted by atomic mass is 10.1. The molecule has 1 nitrogen and oxygen atoms in total. The van der Waals surface area contributed by atoms with Gasteiger partial charge in [0.05, 0.1) is 0 Å². The smallest absolute Gasteiger partial charge is 0.120 e. The van der Waals surface area contributed by atoms with Crippen molar-refractivity contribution in [3.8, 4) is 5.75 Å². The molecule has 1 rings (SSSR count). The lowest BCUT2D eigenvalue weighted by Crippen LogP contribution is -2.22. The van der Waals surface area contributed by atoms with E-state index in [4.69, 9.17) is 4.74 Å². The van der Waals surface area contributed by atoms with Gasteiger partial charge in [0.25, 0.3) is 0 Å². The largest absolute Gasteiger partial charge is 0.488 e. The first-order valence-corrected chi connectivity index (χ1v) is 6.88. The Hall–Kier alpha value is -0.250. The zero-order valence-corrected chi connectivity index (χ0v) is 11.9. The summed E-state index contributed by atoms with van der Waals surface area (Å²) in [5, 5.41) is 0. The maximum Gasteiger partial charge on any atom is 0.120 e. The number of alkyl halides is 1. The third kappa shape index (κ3) is 5.40. The van der Waals surface area contributed by atoms with Crippen molar-refractivity contribution in [1.82, 2.24) is 0 Å². The molecule has 0 aliphatic heterocycles. The highest BCUT2D eigenvalue weighted by Gasteiger charge is 2.11. The molecule has 0 heterocycles. The first kappa shape index (κ1) is 12.8. The van der Waals surface area contributed by atoms with E-state index in [9.17, 15) is 0 Å². The minimum Gasteiger partial charge on any atom is -0.488 e. The van der Waals surface area contributed by atoms with Gasteiger partial charge in [0.2, 0.25) is 0 Å². The molecule has 1 aromatic rings. The highest BCUT2D eigenvalue weighted by atomic mass is 127. The minimum atomic E-state index is -0.107. The van der Waals surface area contributed by atoms with Crippen LogP contribution in [0, 0.1) is 0 Å². The monoisotopic (exact) mass is 318 g/mol. The van der Waals surface area contributed by atoms with Crippen molar-refractivity contribution in [2.24, 2.45) is 0 Å². The molecule has 15 heavy (non-hydrogen) atoms. The van der Waals surface area contributed by atoms with Gasteiger partial charge in [-0.25, -0.2) is 0 Å². The molecular weight excluding hydrogens is 299 g/mol. The van der Waals surface area contributed by atoms with E-state index >= 15 is 0 Å². The molecule has 0 spiro atoms. The zero-order valence-electron chi connectivity index (χ0n) is 9.72. The Morgan fingerprint density at radius 2 is 1.73 bits per heavy atom. The van der Waals surface area contributed by atoms with Gasteiger partial charge in [0.1, 0.15) is 11.4 Å². The van der Waals surface area contributed by atoms with Crippen molar-refractivity contribution in [2.45, 2.75) is 39.2 Å². The summed E-state index contributed by atoms with van der Waals surface area (Å²) in [6, 6.07) is 8.45. The van der Waals surface area contributed by atoms with E-state index in [-0.39, 0.29) is 5.60 Å². The molecule has 0 aliphatic carbocycles. The van der Waals surface area contributed by atoms with Crippen molar-refractivity contribution in [3.63, 3.8) is 0 Å². The Labute approximate surface area is 106 Å². The molecule has 0 atom stereocenters. The highest BCUT2D eigenvalue weighted by molar-refractivity contribution is 14.1.